The molecule has 4 rings (SSSR count). The minimum Gasteiger partial charge on any atom is -0.468 e. The van der Waals surface area contributed by atoms with Crippen molar-refractivity contribution in [3.05, 3.63) is 98.7 Å². The summed E-state index contributed by atoms with van der Waals surface area (Å²) in [7, 11) is -4.00. The van der Waals surface area contributed by atoms with Gasteiger partial charge in [0.1, 0.15) is 10.7 Å². The first-order valence-corrected chi connectivity index (χ1v) is 11.5. The Morgan fingerprint density at radius 1 is 1.03 bits per heavy atom. The minimum atomic E-state index is -4.00. The molecule has 0 spiro atoms. The van der Waals surface area contributed by atoms with Gasteiger partial charge in [-0.05, 0) is 60.7 Å². The number of aromatic amines is 1. The number of halogens is 1. The largest absolute Gasteiger partial charge is 0.468 e. The standard InChI is InChI=1S/C23H21ClN2O4S/c1-15-9-10-17-12-18(23(27)25-22(17)16(15)2)13-26(14-19-6-5-11-30-19)31(28,29)21-8-4-3-7-20(21)24/h3-12H,13-14H2,1-2H3,(H,25,27). The normalized spacial score (nSPS) is 12.0. The zero-order chi connectivity index (χ0) is 22.2. The molecule has 1 N–H and O–H groups in total. The Hall–Kier alpha value is -2.87. The van der Waals surface area contributed by atoms with Gasteiger partial charge in [-0.25, -0.2) is 8.42 Å². The fourth-order valence-corrected chi connectivity index (χ4v) is 5.35. The molecule has 4 aromatic rings. The van der Waals surface area contributed by atoms with E-state index in [4.69, 9.17) is 16.0 Å². The van der Waals surface area contributed by atoms with E-state index in [1.54, 1.807) is 30.3 Å². The van der Waals surface area contributed by atoms with Crippen molar-refractivity contribution >= 4 is 32.5 Å². The van der Waals surface area contributed by atoms with Crippen molar-refractivity contribution in [2.24, 2.45) is 0 Å². The van der Waals surface area contributed by atoms with Gasteiger partial charge < -0.3 is 9.40 Å². The molecule has 0 radical (unpaired) electrons. The van der Waals surface area contributed by atoms with Crippen LogP contribution in [0.25, 0.3) is 10.9 Å². The summed E-state index contributed by atoms with van der Waals surface area (Å²) in [5.74, 6) is 0.458. The van der Waals surface area contributed by atoms with Crippen LogP contribution in [0, 0.1) is 13.8 Å². The third-order valence-electron chi connectivity index (χ3n) is 5.34. The van der Waals surface area contributed by atoms with Crippen LogP contribution in [0.4, 0.5) is 0 Å². The van der Waals surface area contributed by atoms with Gasteiger partial charge in [0.25, 0.3) is 5.56 Å². The lowest BCUT2D eigenvalue weighted by molar-refractivity contribution is 0.357. The SMILES string of the molecule is Cc1ccc2cc(CN(Cc3ccco3)S(=O)(=O)c3ccccc3Cl)c(=O)[nH]c2c1C. The number of hydrogen-bond donors (Lipinski definition) is 1. The third-order valence-corrected chi connectivity index (χ3v) is 7.63. The smallest absolute Gasteiger partial charge is 0.252 e. The number of pyridine rings is 1. The first-order chi connectivity index (χ1) is 14.8. The maximum absolute atomic E-state index is 13.4. The van der Waals surface area contributed by atoms with Crippen LogP contribution < -0.4 is 5.56 Å². The summed E-state index contributed by atoms with van der Waals surface area (Å²) in [6.45, 7) is 3.75. The van der Waals surface area contributed by atoms with E-state index in [1.165, 1.54) is 22.7 Å². The van der Waals surface area contributed by atoms with Gasteiger partial charge in [0.2, 0.25) is 10.0 Å². The summed E-state index contributed by atoms with van der Waals surface area (Å²) in [6.07, 6.45) is 1.48. The molecule has 0 saturated heterocycles. The molecule has 0 aliphatic heterocycles. The molecule has 6 nitrogen and oxygen atoms in total. The fourth-order valence-electron chi connectivity index (χ4n) is 3.47. The summed E-state index contributed by atoms with van der Waals surface area (Å²) in [5, 5.41) is 0.955. The highest BCUT2D eigenvalue weighted by Gasteiger charge is 2.28. The maximum atomic E-state index is 13.4. The Morgan fingerprint density at radius 3 is 2.52 bits per heavy atom. The van der Waals surface area contributed by atoms with E-state index >= 15 is 0 Å². The van der Waals surface area contributed by atoms with Crippen molar-refractivity contribution in [2.45, 2.75) is 31.8 Å². The van der Waals surface area contributed by atoms with Gasteiger partial charge in [-0.1, -0.05) is 35.9 Å². The van der Waals surface area contributed by atoms with Gasteiger partial charge in [0.15, 0.2) is 0 Å². The van der Waals surface area contributed by atoms with Crippen LogP contribution in [0.15, 0.2) is 75.0 Å². The molecule has 8 heteroatoms. The molecular weight excluding hydrogens is 436 g/mol. The second-order valence-corrected chi connectivity index (χ2v) is 9.69. The Kier molecular flexibility index (Phi) is 5.75. The second kappa shape index (κ2) is 8.34. The number of hydrogen-bond acceptors (Lipinski definition) is 4. The number of fused-ring (bicyclic) bond motifs is 1. The minimum absolute atomic E-state index is 0.0214. The molecule has 2 heterocycles. The highest BCUT2D eigenvalue weighted by atomic mass is 35.5. The number of nitrogens with zero attached hydrogens (tertiary/aromatic N) is 1. The van der Waals surface area contributed by atoms with Gasteiger partial charge in [0.05, 0.1) is 23.3 Å². The average Bonchev–Trinajstić information content (AvgIpc) is 3.25. The maximum Gasteiger partial charge on any atom is 0.252 e. The fraction of sp³-hybridized carbons (Fsp3) is 0.174. The molecule has 0 atom stereocenters. The zero-order valence-corrected chi connectivity index (χ0v) is 18.6. The molecule has 2 aromatic carbocycles. The predicted molar refractivity (Wildman–Crippen MR) is 121 cm³/mol. The van der Waals surface area contributed by atoms with Crippen molar-refractivity contribution in [2.75, 3.05) is 0 Å². The van der Waals surface area contributed by atoms with Crippen LogP contribution in [-0.2, 0) is 23.1 Å². The number of rotatable bonds is 6. The molecule has 0 fully saturated rings. The van der Waals surface area contributed by atoms with E-state index in [9.17, 15) is 13.2 Å². The summed E-state index contributed by atoms with van der Waals surface area (Å²) >= 11 is 6.18. The molecule has 0 unspecified atom stereocenters. The number of nitrogens with one attached hydrogen (secondary N) is 1. The van der Waals surface area contributed by atoms with E-state index < -0.39 is 10.0 Å². The van der Waals surface area contributed by atoms with Crippen LogP contribution in [0.1, 0.15) is 22.5 Å². The molecule has 0 aliphatic carbocycles. The van der Waals surface area contributed by atoms with E-state index in [0.717, 1.165) is 22.0 Å². The number of aromatic nitrogens is 1. The van der Waals surface area contributed by atoms with Gasteiger partial charge in [-0.3, -0.25) is 4.79 Å². The summed E-state index contributed by atoms with van der Waals surface area (Å²) in [4.78, 5) is 15.7. The highest BCUT2D eigenvalue weighted by molar-refractivity contribution is 7.89. The molecule has 2 aromatic heterocycles. The third kappa shape index (κ3) is 4.17. The van der Waals surface area contributed by atoms with Gasteiger partial charge in [-0.15, -0.1) is 0 Å². The lowest BCUT2D eigenvalue weighted by Gasteiger charge is -2.22. The number of aryl methyl sites for hydroxylation is 2. The van der Waals surface area contributed by atoms with Crippen LogP contribution in [-0.4, -0.2) is 17.7 Å². The van der Waals surface area contributed by atoms with E-state index in [-0.39, 0.29) is 28.6 Å². The Labute approximate surface area is 185 Å². The zero-order valence-electron chi connectivity index (χ0n) is 17.1. The first kappa shape index (κ1) is 21.4. The van der Waals surface area contributed by atoms with Crippen LogP contribution in [0.2, 0.25) is 5.02 Å². The number of furan rings is 1. The molecule has 0 saturated carbocycles. The predicted octanol–water partition coefficient (Wildman–Crippen LogP) is 4.78. The van der Waals surface area contributed by atoms with Crippen molar-refractivity contribution < 1.29 is 12.8 Å². The Balaban J connectivity index is 1.80. The van der Waals surface area contributed by atoms with E-state index in [0.29, 0.717) is 11.3 Å². The topological polar surface area (TPSA) is 83.4 Å². The van der Waals surface area contributed by atoms with E-state index in [1.807, 2.05) is 26.0 Å². The molecule has 31 heavy (non-hydrogen) atoms. The Bertz CT molecular complexity index is 1410. The Morgan fingerprint density at radius 2 is 1.81 bits per heavy atom. The van der Waals surface area contributed by atoms with Crippen molar-refractivity contribution in [1.29, 1.82) is 0 Å². The van der Waals surface area contributed by atoms with Crippen LogP contribution in [0.5, 0.6) is 0 Å². The summed E-state index contributed by atoms with van der Waals surface area (Å²) < 4.78 is 33.5. The summed E-state index contributed by atoms with van der Waals surface area (Å²) in [6, 6.07) is 15.2. The lowest BCUT2D eigenvalue weighted by atomic mass is 10.0. The van der Waals surface area contributed by atoms with Crippen LogP contribution >= 0.6 is 11.6 Å². The quantitative estimate of drug-likeness (QED) is 0.452. The monoisotopic (exact) mass is 456 g/mol. The molecular formula is C23H21ClN2O4S. The highest BCUT2D eigenvalue weighted by Crippen LogP contribution is 2.27. The molecule has 0 amide bonds. The molecule has 160 valence electrons. The van der Waals surface area contributed by atoms with Crippen molar-refractivity contribution in [3.63, 3.8) is 0 Å². The number of benzene rings is 2. The van der Waals surface area contributed by atoms with Gasteiger partial charge in [-0.2, -0.15) is 4.31 Å². The van der Waals surface area contributed by atoms with Crippen LogP contribution in [0.3, 0.4) is 0 Å². The first-order valence-electron chi connectivity index (χ1n) is 9.66. The lowest BCUT2D eigenvalue weighted by Crippen LogP contribution is -2.32. The van der Waals surface area contributed by atoms with Crippen molar-refractivity contribution in [1.82, 2.24) is 9.29 Å². The summed E-state index contributed by atoms with van der Waals surface area (Å²) in [5.41, 5.74) is 2.80. The number of sulfonamides is 1. The molecule has 0 aliphatic rings. The molecule has 0 bridgehead atoms. The van der Waals surface area contributed by atoms with Gasteiger partial charge >= 0.3 is 0 Å². The average molecular weight is 457 g/mol. The van der Waals surface area contributed by atoms with E-state index in [2.05, 4.69) is 4.98 Å². The second-order valence-electron chi connectivity index (χ2n) is 7.38. The van der Waals surface area contributed by atoms with Gasteiger partial charge in [0, 0.05) is 12.1 Å². The number of H-pyrrole nitrogens is 1. The van der Waals surface area contributed by atoms with Crippen molar-refractivity contribution in [3.8, 4) is 0 Å².